The molecular weight excluding hydrogens is 88.1 g/mol. The highest BCUT2D eigenvalue weighted by molar-refractivity contribution is 4.57. The van der Waals surface area contributed by atoms with Crippen LogP contribution in [0.3, 0.4) is 0 Å². The lowest BCUT2D eigenvalue weighted by atomic mass is 10.3. The van der Waals surface area contributed by atoms with Gasteiger partial charge >= 0.3 is 0 Å². The SMILES string of the molecule is [C-]#[N+]CCCCN. The molecule has 2 N–H and O–H groups in total. The van der Waals surface area contributed by atoms with Gasteiger partial charge in [-0.05, 0) is 13.0 Å². The van der Waals surface area contributed by atoms with Gasteiger partial charge in [-0.15, -0.1) is 0 Å². The minimum Gasteiger partial charge on any atom is -0.330 e. The highest BCUT2D eigenvalue weighted by Crippen LogP contribution is 1.83. The maximum absolute atomic E-state index is 6.37. The summed E-state index contributed by atoms with van der Waals surface area (Å²) in [5.41, 5.74) is 5.17. The fourth-order valence-corrected chi connectivity index (χ4v) is 0.335. The second kappa shape index (κ2) is 5.45. The van der Waals surface area contributed by atoms with E-state index in [0.29, 0.717) is 6.54 Å². The second-order valence-electron chi connectivity index (χ2n) is 1.38. The van der Waals surface area contributed by atoms with Crippen molar-refractivity contribution >= 4 is 0 Å². The van der Waals surface area contributed by atoms with Crippen molar-refractivity contribution in [1.82, 2.24) is 0 Å². The van der Waals surface area contributed by atoms with Gasteiger partial charge in [0, 0.05) is 6.42 Å². The minimum atomic E-state index is 0.636. The molecule has 0 aliphatic heterocycles. The number of hydrogen-bond donors (Lipinski definition) is 1. The molecule has 2 nitrogen and oxygen atoms in total. The van der Waals surface area contributed by atoms with E-state index in [4.69, 9.17) is 12.3 Å². The zero-order valence-electron chi connectivity index (χ0n) is 4.35. The van der Waals surface area contributed by atoms with E-state index in [2.05, 4.69) is 4.85 Å². The molecule has 0 aliphatic carbocycles. The van der Waals surface area contributed by atoms with Crippen LogP contribution in [0.25, 0.3) is 4.85 Å². The molecule has 0 unspecified atom stereocenters. The average Bonchev–Trinajstić information content (AvgIpc) is 1.69. The Balaban J connectivity index is 2.60. The number of nitrogens with two attached hydrogens (primary N) is 1. The van der Waals surface area contributed by atoms with Gasteiger partial charge in [-0.2, -0.15) is 0 Å². The predicted octanol–water partition coefficient (Wildman–Crippen LogP) is 0.645. The zero-order valence-corrected chi connectivity index (χ0v) is 4.35. The van der Waals surface area contributed by atoms with Gasteiger partial charge in [0.1, 0.15) is 0 Å². The molecule has 0 aliphatic rings. The molecular formula is C5H10N2. The molecule has 0 rings (SSSR count). The molecule has 0 saturated carbocycles. The van der Waals surface area contributed by atoms with Crippen LogP contribution in [-0.2, 0) is 0 Å². The van der Waals surface area contributed by atoms with Gasteiger partial charge in [0.2, 0.25) is 6.54 Å². The van der Waals surface area contributed by atoms with E-state index in [1.807, 2.05) is 0 Å². The fraction of sp³-hybridized carbons (Fsp3) is 0.800. The average molecular weight is 98.1 g/mol. The van der Waals surface area contributed by atoms with Crippen molar-refractivity contribution in [2.75, 3.05) is 13.1 Å². The van der Waals surface area contributed by atoms with Crippen LogP contribution in [0, 0.1) is 6.57 Å². The number of hydrogen-bond acceptors (Lipinski definition) is 1. The van der Waals surface area contributed by atoms with Crippen LogP contribution >= 0.6 is 0 Å². The first-order valence-corrected chi connectivity index (χ1v) is 2.45. The molecule has 0 saturated heterocycles. The number of nitrogens with zero attached hydrogens (tertiary/aromatic N) is 1. The van der Waals surface area contributed by atoms with E-state index in [0.717, 1.165) is 19.4 Å². The lowest BCUT2D eigenvalue weighted by Crippen LogP contribution is -1.97. The molecule has 0 bridgehead atoms. The molecule has 0 radical (unpaired) electrons. The Morgan fingerprint density at radius 1 is 1.43 bits per heavy atom. The summed E-state index contributed by atoms with van der Waals surface area (Å²) in [6, 6.07) is 0. The third-order valence-electron chi connectivity index (χ3n) is 0.724. The molecule has 7 heavy (non-hydrogen) atoms. The summed E-state index contributed by atoms with van der Waals surface area (Å²) in [6.45, 7) is 7.72. The van der Waals surface area contributed by atoms with Gasteiger partial charge in [-0.1, -0.05) is 0 Å². The van der Waals surface area contributed by atoms with E-state index < -0.39 is 0 Å². The van der Waals surface area contributed by atoms with Gasteiger partial charge in [0.15, 0.2) is 0 Å². The van der Waals surface area contributed by atoms with Crippen LogP contribution < -0.4 is 5.73 Å². The molecule has 0 fully saturated rings. The van der Waals surface area contributed by atoms with Gasteiger partial charge in [0.25, 0.3) is 0 Å². The van der Waals surface area contributed by atoms with Gasteiger partial charge in [-0.3, -0.25) is 0 Å². The summed E-state index contributed by atoms with van der Waals surface area (Å²) in [5, 5.41) is 0. The van der Waals surface area contributed by atoms with E-state index in [1.165, 1.54) is 0 Å². The lowest BCUT2D eigenvalue weighted by Gasteiger charge is -1.83. The zero-order chi connectivity index (χ0) is 5.54. The standard InChI is InChI=1S/C5H10N2/c1-7-5-3-2-4-6/h2-6H2. The lowest BCUT2D eigenvalue weighted by molar-refractivity contribution is 0.790. The Labute approximate surface area is 44.1 Å². The third kappa shape index (κ3) is 5.45. The quantitative estimate of drug-likeness (QED) is 0.407. The van der Waals surface area contributed by atoms with Crippen LogP contribution in [0.15, 0.2) is 0 Å². The summed E-state index contributed by atoms with van der Waals surface area (Å²) in [6.07, 6.45) is 1.95. The first kappa shape index (κ1) is 6.45. The van der Waals surface area contributed by atoms with Crippen molar-refractivity contribution in [2.45, 2.75) is 12.8 Å². The highest BCUT2D eigenvalue weighted by atomic mass is 14.6. The highest BCUT2D eigenvalue weighted by Gasteiger charge is 1.82. The van der Waals surface area contributed by atoms with Crippen molar-refractivity contribution in [1.29, 1.82) is 0 Å². The molecule has 2 heteroatoms. The molecule has 40 valence electrons. The summed E-state index contributed by atoms with van der Waals surface area (Å²) < 4.78 is 0. The minimum absolute atomic E-state index is 0.636. The van der Waals surface area contributed by atoms with Gasteiger partial charge in [0.05, 0.1) is 0 Å². The van der Waals surface area contributed by atoms with Crippen molar-refractivity contribution in [3.63, 3.8) is 0 Å². The Morgan fingerprint density at radius 3 is 2.57 bits per heavy atom. The van der Waals surface area contributed by atoms with Crippen molar-refractivity contribution in [2.24, 2.45) is 5.73 Å². The number of rotatable bonds is 3. The van der Waals surface area contributed by atoms with Crippen molar-refractivity contribution in [3.8, 4) is 0 Å². The molecule has 0 spiro atoms. The monoisotopic (exact) mass is 98.1 g/mol. The van der Waals surface area contributed by atoms with E-state index in [-0.39, 0.29) is 0 Å². The maximum Gasteiger partial charge on any atom is 0.214 e. The Kier molecular flexibility index (Phi) is 5.02. The van der Waals surface area contributed by atoms with E-state index in [9.17, 15) is 0 Å². The fourth-order valence-electron chi connectivity index (χ4n) is 0.335. The second-order valence-corrected chi connectivity index (χ2v) is 1.38. The predicted molar refractivity (Wildman–Crippen MR) is 29.8 cm³/mol. The molecule has 0 atom stereocenters. The molecule has 0 aromatic carbocycles. The molecule has 0 aromatic rings. The molecule has 0 heterocycles. The first-order valence-electron chi connectivity index (χ1n) is 2.45. The van der Waals surface area contributed by atoms with Crippen molar-refractivity contribution in [3.05, 3.63) is 11.4 Å². The first-order chi connectivity index (χ1) is 3.41. The van der Waals surface area contributed by atoms with E-state index >= 15 is 0 Å². The largest absolute Gasteiger partial charge is 0.330 e. The molecule has 0 amide bonds. The Hall–Kier alpha value is -0.550. The normalized spacial score (nSPS) is 8.00. The van der Waals surface area contributed by atoms with Crippen LogP contribution in [0.4, 0.5) is 0 Å². The summed E-state index contributed by atoms with van der Waals surface area (Å²) in [7, 11) is 0. The van der Waals surface area contributed by atoms with Gasteiger partial charge in [-0.25, -0.2) is 6.57 Å². The topological polar surface area (TPSA) is 30.4 Å². The van der Waals surface area contributed by atoms with E-state index in [1.54, 1.807) is 0 Å². The maximum atomic E-state index is 6.37. The Morgan fingerprint density at radius 2 is 2.14 bits per heavy atom. The van der Waals surface area contributed by atoms with Crippen LogP contribution in [-0.4, -0.2) is 13.1 Å². The Bertz CT molecular complexity index is 63.0. The van der Waals surface area contributed by atoms with Gasteiger partial charge < -0.3 is 10.6 Å². The summed E-state index contributed by atoms with van der Waals surface area (Å²) >= 11 is 0. The van der Waals surface area contributed by atoms with Crippen LogP contribution in [0.1, 0.15) is 12.8 Å². The summed E-state index contributed by atoms with van der Waals surface area (Å²) in [4.78, 5) is 3.17. The third-order valence-corrected chi connectivity index (χ3v) is 0.724. The summed E-state index contributed by atoms with van der Waals surface area (Å²) in [5.74, 6) is 0. The number of unbranched alkanes of at least 4 members (excludes halogenated alkanes) is 1. The smallest absolute Gasteiger partial charge is 0.214 e. The van der Waals surface area contributed by atoms with Crippen molar-refractivity contribution < 1.29 is 0 Å². The molecule has 0 aromatic heterocycles. The van der Waals surface area contributed by atoms with Crippen LogP contribution in [0.2, 0.25) is 0 Å². The van der Waals surface area contributed by atoms with Crippen LogP contribution in [0.5, 0.6) is 0 Å².